The Labute approximate surface area is 157 Å². The van der Waals surface area contributed by atoms with Crippen molar-refractivity contribution in [1.82, 2.24) is 19.6 Å². The van der Waals surface area contributed by atoms with E-state index >= 15 is 0 Å². The van der Waals surface area contributed by atoms with Crippen LogP contribution in [-0.2, 0) is 4.79 Å². The minimum absolute atomic E-state index is 0.0650. The predicted molar refractivity (Wildman–Crippen MR) is 105 cm³/mol. The minimum atomic E-state index is -0.325. The highest BCUT2D eigenvalue weighted by Gasteiger charge is 2.19. The summed E-state index contributed by atoms with van der Waals surface area (Å²) in [6.45, 7) is 11.8. The van der Waals surface area contributed by atoms with Crippen molar-refractivity contribution in [2.45, 2.75) is 51.9 Å². The number of hydrogen-bond acceptors (Lipinski definition) is 5. The van der Waals surface area contributed by atoms with Gasteiger partial charge in [-0.1, -0.05) is 29.5 Å². The van der Waals surface area contributed by atoms with Crippen molar-refractivity contribution in [3.05, 3.63) is 46.3 Å². The van der Waals surface area contributed by atoms with E-state index in [1.54, 1.807) is 4.52 Å². The highest BCUT2D eigenvalue weighted by Crippen LogP contribution is 2.25. The Morgan fingerprint density at radius 1 is 1.08 bits per heavy atom. The first kappa shape index (κ1) is 18.4. The first-order valence-corrected chi connectivity index (χ1v) is 9.39. The molecule has 0 saturated heterocycles. The van der Waals surface area contributed by atoms with Gasteiger partial charge in [0.15, 0.2) is 0 Å². The van der Waals surface area contributed by atoms with Crippen LogP contribution in [0.15, 0.2) is 23.4 Å². The van der Waals surface area contributed by atoms with Crippen molar-refractivity contribution in [3.63, 3.8) is 0 Å². The molecule has 0 bridgehead atoms. The monoisotopic (exact) mass is 369 g/mol. The number of fused-ring (bicyclic) bond motifs is 1. The summed E-state index contributed by atoms with van der Waals surface area (Å²) >= 11 is 1.33. The summed E-state index contributed by atoms with van der Waals surface area (Å²) in [6, 6.07) is 6.09. The average molecular weight is 369 g/mol. The van der Waals surface area contributed by atoms with Gasteiger partial charge in [-0.2, -0.15) is 4.98 Å². The van der Waals surface area contributed by atoms with Gasteiger partial charge >= 0.3 is 0 Å². The lowest BCUT2D eigenvalue weighted by Gasteiger charge is -2.15. The standard InChI is InChI=1S/C19H23N5OS/c1-10-7-11(2)16(12(3)8-10)21-17(25)15(6)26-19-22-18-20-13(4)9-14(5)24(18)23-19/h7-9,15H,1-6H3,(H,21,25). The molecule has 0 fully saturated rings. The largest absolute Gasteiger partial charge is 0.325 e. The molecule has 1 N–H and O–H groups in total. The van der Waals surface area contributed by atoms with Crippen LogP contribution < -0.4 is 5.32 Å². The van der Waals surface area contributed by atoms with Crippen LogP contribution in [0.5, 0.6) is 0 Å². The van der Waals surface area contributed by atoms with Crippen molar-refractivity contribution in [2.75, 3.05) is 5.32 Å². The molecule has 2 aromatic heterocycles. The number of hydrogen-bond donors (Lipinski definition) is 1. The van der Waals surface area contributed by atoms with Crippen LogP contribution in [0, 0.1) is 34.6 Å². The van der Waals surface area contributed by atoms with Gasteiger partial charge in [0.05, 0.1) is 5.25 Å². The molecule has 26 heavy (non-hydrogen) atoms. The fourth-order valence-electron chi connectivity index (χ4n) is 3.01. The van der Waals surface area contributed by atoms with E-state index in [0.717, 1.165) is 28.2 Å². The van der Waals surface area contributed by atoms with Gasteiger partial charge in [-0.3, -0.25) is 4.79 Å². The van der Waals surface area contributed by atoms with Crippen LogP contribution in [-0.4, -0.2) is 30.7 Å². The van der Waals surface area contributed by atoms with Gasteiger partial charge < -0.3 is 5.32 Å². The number of rotatable bonds is 4. The van der Waals surface area contributed by atoms with E-state index in [1.165, 1.54) is 17.3 Å². The maximum Gasteiger partial charge on any atom is 0.253 e. The summed E-state index contributed by atoms with van der Waals surface area (Å²) < 4.78 is 1.70. The zero-order valence-corrected chi connectivity index (χ0v) is 16.7. The number of anilines is 1. The second-order valence-electron chi connectivity index (χ2n) is 6.67. The topological polar surface area (TPSA) is 72.2 Å². The lowest BCUT2D eigenvalue weighted by Crippen LogP contribution is -2.23. The summed E-state index contributed by atoms with van der Waals surface area (Å²) in [5.41, 5.74) is 6.06. The summed E-state index contributed by atoms with van der Waals surface area (Å²) in [4.78, 5) is 21.5. The molecule has 0 saturated carbocycles. The number of carbonyl (C=O) groups is 1. The van der Waals surface area contributed by atoms with Crippen molar-refractivity contribution in [1.29, 1.82) is 0 Å². The van der Waals surface area contributed by atoms with Crippen LogP contribution in [0.2, 0.25) is 0 Å². The highest BCUT2D eigenvalue weighted by atomic mass is 32.2. The molecular weight excluding hydrogens is 346 g/mol. The molecule has 136 valence electrons. The molecule has 0 aliphatic heterocycles. The van der Waals surface area contributed by atoms with E-state index < -0.39 is 0 Å². The summed E-state index contributed by atoms with van der Waals surface area (Å²) in [7, 11) is 0. The van der Waals surface area contributed by atoms with Crippen molar-refractivity contribution in [2.24, 2.45) is 0 Å². The fourth-order valence-corrected chi connectivity index (χ4v) is 3.76. The van der Waals surface area contributed by atoms with Gasteiger partial charge in [-0.25, -0.2) is 9.50 Å². The van der Waals surface area contributed by atoms with Crippen molar-refractivity contribution in [3.8, 4) is 0 Å². The molecule has 1 amide bonds. The highest BCUT2D eigenvalue weighted by molar-refractivity contribution is 8.00. The molecule has 0 radical (unpaired) electrons. The molecule has 1 unspecified atom stereocenters. The van der Waals surface area contributed by atoms with E-state index in [1.807, 2.05) is 40.7 Å². The van der Waals surface area contributed by atoms with Crippen LogP contribution in [0.4, 0.5) is 5.69 Å². The molecular formula is C19H23N5OS. The molecule has 0 aliphatic carbocycles. The van der Waals surface area contributed by atoms with E-state index in [9.17, 15) is 4.79 Å². The number of aryl methyl sites for hydroxylation is 5. The van der Waals surface area contributed by atoms with E-state index in [-0.39, 0.29) is 11.2 Å². The van der Waals surface area contributed by atoms with Crippen LogP contribution in [0.1, 0.15) is 35.0 Å². The maximum absolute atomic E-state index is 12.6. The summed E-state index contributed by atoms with van der Waals surface area (Å²) in [5.74, 6) is 0.493. The molecule has 3 aromatic rings. The normalized spacial score (nSPS) is 12.4. The number of nitrogens with one attached hydrogen (secondary N) is 1. The minimum Gasteiger partial charge on any atom is -0.325 e. The van der Waals surface area contributed by atoms with Gasteiger partial charge in [-0.15, -0.1) is 5.10 Å². The third-order valence-electron chi connectivity index (χ3n) is 4.18. The number of nitrogens with zero attached hydrogens (tertiary/aromatic N) is 4. The number of carbonyl (C=O) groups excluding carboxylic acids is 1. The van der Waals surface area contributed by atoms with Crippen LogP contribution in [0.25, 0.3) is 5.78 Å². The fraction of sp³-hybridized carbons (Fsp3) is 0.368. The Morgan fingerprint density at radius 3 is 2.38 bits per heavy atom. The Balaban J connectivity index is 1.77. The third-order valence-corrected chi connectivity index (χ3v) is 5.13. The number of thioether (sulfide) groups is 1. The maximum atomic E-state index is 12.6. The number of aromatic nitrogens is 4. The van der Waals surface area contributed by atoms with E-state index in [0.29, 0.717) is 10.9 Å². The Bertz CT molecular complexity index is 972. The van der Waals surface area contributed by atoms with Crippen molar-refractivity contribution >= 4 is 29.1 Å². The van der Waals surface area contributed by atoms with Gasteiger partial charge in [0.1, 0.15) is 0 Å². The average Bonchev–Trinajstić information content (AvgIpc) is 2.93. The lowest BCUT2D eigenvalue weighted by molar-refractivity contribution is -0.115. The summed E-state index contributed by atoms with van der Waals surface area (Å²) in [6.07, 6.45) is 0. The van der Waals surface area contributed by atoms with Gasteiger partial charge in [0.2, 0.25) is 11.1 Å². The second-order valence-corrected chi connectivity index (χ2v) is 7.98. The lowest BCUT2D eigenvalue weighted by atomic mass is 10.1. The zero-order valence-electron chi connectivity index (χ0n) is 15.9. The second kappa shape index (κ2) is 7.07. The van der Waals surface area contributed by atoms with Gasteiger partial charge in [0, 0.05) is 17.1 Å². The van der Waals surface area contributed by atoms with E-state index in [2.05, 4.69) is 39.4 Å². The van der Waals surface area contributed by atoms with Crippen LogP contribution >= 0.6 is 11.8 Å². The molecule has 1 aromatic carbocycles. The molecule has 0 spiro atoms. The zero-order chi connectivity index (χ0) is 19.0. The molecule has 3 rings (SSSR count). The quantitative estimate of drug-likeness (QED) is 0.709. The smallest absolute Gasteiger partial charge is 0.253 e. The Morgan fingerprint density at radius 2 is 1.73 bits per heavy atom. The first-order valence-electron chi connectivity index (χ1n) is 8.51. The molecule has 6 nitrogen and oxygen atoms in total. The SMILES string of the molecule is Cc1cc(C)c(NC(=O)C(C)Sc2nc3nc(C)cc(C)n3n2)c(C)c1. The molecule has 7 heteroatoms. The van der Waals surface area contributed by atoms with E-state index in [4.69, 9.17) is 0 Å². The van der Waals surface area contributed by atoms with Crippen LogP contribution in [0.3, 0.4) is 0 Å². The predicted octanol–water partition coefficient (Wildman–Crippen LogP) is 3.79. The Hall–Kier alpha value is -2.41. The summed E-state index contributed by atoms with van der Waals surface area (Å²) in [5, 5.41) is 7.72. The first-order chi connectivity index (χ1) is 12.2. The van der Waals surface area contributed by atoms with Gasteiger partial charge in [-0.05, 0) is 58.7 Å². The number of benzene rings is 1. The molecule has 1 atom stereocenters. The van der Waals surface area contributed by atoms with Gasteiger partial charge in [0.25, 0.3) is 5.78 Å². The molecule has 0 aliphatic rings. The third kappa shape index (κ3) is 3.72. The molecule has 2 heterocycles. The van der Waals surface area contributed by atoms with Crippen molar-refractivity contribution < 1.29 is 4.79 Å². The Kier molecular flexibility index (Phi) is 5.00. The number of amides is 1.